The molecule has 3 N–H and O–H groups in total. The van der Waals surface area contributed by atoms with Crippen molar-refractivity contribution in [2.24, 2.45) is 5.73 Å². The van der Waals surface area contributed by atoms with Crippen LogP contribution in [0.25, 0.3) is 0 Å². The minimum atomic E-state index is -0.681. The number of halogens is 1. The number of aryl methyl sites for hydroxylation is 1. The normalized spacial score (nSPS) is 11.9. The van der Waals surface area contributed by atoms with E-state index in [9.17, 15) is 9.59 Å². The Bertz CT molecular complexity index is 412. The number of hydrogen-bond acceptors (Lipinski definition) is 2. The van der Waals surface area contributed by atoms with Gasteiger partial charge in [-0.1, -0.05) is 12.1 Å². The van der Waals surface area contributed by atoms with Crippen LogP contribution in [0.15, 0.2) is 22.7 Å². The van der Waals surface area contributed by atoms with Crippen LogP contribution in [0.4, 0.5) is 0 Å². The highest BCUT2D eigenvalue weighted by Crippen LogP contribution is 2.19. The second-order valence-corrected chi connectivity index (χ2v) is 4.38. The van der Waals surface area contributed by atoms with Crippen molar-refractivity contribution in [2.75, 3.05) is 0 Å². The smallest absolute Gasteiger partial charge is 0.253 e. The molecule has 0 aromatic heterocycles. The minimum absolute atomic E-state index is 0.309. The van der Waals surface area contributed by atoms with Gasteiger partial charge in [-0.2, -0.15) is 0 Å². The molecule has 0 saturated carbocycles. The number of nitrogens with two attached hydrogens (primary N) is 1. The average molecular weight is 285 g/mol. The summed E-state index contributed by atoms with van der Waals surface area (Å²) in [6.07, 6.45) is 0. The van der Waals surface area contributed by atoms with Crippen LogP contribution >= 0.6 is 15.9 Å². The predicted octanol–water partition coefficient (Wildman–Crippen LogP) is 1.36. The second kappa shape index (κ2) is 5.12. The number of carbonyl (C=O) groups is 2. The van der Waals surface area contributed by atoms with Gasteiger partial charge in [-0.3, -0.25) is 9.59 Å². The van der Waals surface area contributed by atoms with Crippen molar-refractivity contribution < 1.29 is 9.59 Å². The molecule has 0 aliphatic heterocycles. The average Bonchev–Trinajstić information content (AvgIpc) is 2.16. The van der Waals surface area contributed by atoms with Gasteiger partial charge in [-0.25, -0.2) is 0 Å². The van der Waals surface area contributed by atoms with Crippen LogP contribution in [0.1, 0.15) is 22.8 Å². The third kappa shape index (κ3) is 2.82. The molecule has 1 atom stereocenters. The molecule has 0 aliphatic carbocycles. The molecule has 0 spiro atoms. The Morgan fingerprint density at radius 1 is 1.44 bits per heavy atom. The number of rotatable bonds is 3. The lowest BCUT2D eigenvalue weighted by atomic mass is 10.1. The molecule has 1 aromatic rings. The number of hydrogen-bond donors (Lipinski definition) is 2. The van der Waals surface area contributed by atoms with Crippen molar-refractivity contribution in [2.45, 2.75) is 19.9 Å². The Balaban J connectivity index is 2.93. The quantitative estimate of drug-likeness (QED) is 0.880. The zero-order chi connectivity index (χ0) is 12.3. The van der Waals surface area contributed by atoms with Gasteiger partial charge >= 0.3 is 0 Å². The molecule has 0 bridgehead atoms. The SMILES string of the molecule is Cc1cccc(Br)c1C(=O)NC(C)C(N)=O. The first kappa shape index (κ1) is 12.7. The number of benzene rings is 1. The summed E-state index contributed by atoms with van der Waals surface area (Å²) in [6.45, 7) is 3.38. The maximum atomic E-state index is 11.9. The van der Waals surface area contributed by atoms with Gasteiger partial charge in [0.1, 0.15) is 6.04 Å². The zero-order valence-corrected chi connectivity index (χ0v) is 10.7. The Kier molecular flexibility index (Phi) is 4.06. The van der Waals surface area contributed by atoms with E-state index in [4.69, 9.17) is 5.73 Å². The van der Waals surface area contributed by atoms with Gasteiger partial charge in [0.2, 0.25) is 5.91 Å². The molecule has 0 fully saturated rings. The van der Waals surface area contributed by atoms with Gasteiger partial charge in [-0.15, -0.1) is 0 Å². The van der Waals surface area contributed by atoms with Crippen molar-refractivity contribution in [3.05, 3.63) is 33.8 Å². The Morgan fingerprint density at radius 3 is 2.56 bits per heavy atom. The van der Waals surface area contributed by atoms with E-state index in [0.717, 1.165) is 5.56 Å². The van der Waals surface area contributed by atoms with Crippen molar-refractivity contribution in [1.82, 2.24) is 5.32 Å². The Morgan fingerprint density at radius 2 is 2.06 bits per heavy atom. The molecule has 16 heavy (non-hydrogen) atoms. The summed E-state index contributed by atoms with van der Waals surface area (Å²) in [4.78, 5) is 22.7. The highest BCUT2D eigenvalue weighted by atomic mass is 79.9. The highest BCUT2D eigenvalue weighted by Gasteiger charge is 2.17. The fraction of sp³-hybridized carbons (Fsp3) is 0.273. The van der Waals surface area contributed by atoms with Crippen LogP contribution in [-0.2, 0) is 4.79 Å². The summed E-state index contributed by atoms with van der Waals surface area (Å²) in [6, 6.07) is 4.76. The summed E-state index contributed by atoms with van der Waals surface area (Å²) in [7, 11) is 0. The van der Waals surface area contributed by atoms with Crippen molar-refractivity contribution in [3.63, 3.8) is 0 Å². The molecule has 0 saturated heterocycles. The molecule has 1 rings (SSSR count). The molecule has 2 amide bonds. The van der Waals surface area contributed by atoms with Crippen LogP contribution in [0, 0.1) is 6.92 Å². The van der Waals surface area contributed by atoms with Crippen LogP contribution in [0.2, 0.25) is 0 Å². The molecule has 5 heteroatoms. The molecular formula is C11H13BrN2O2. The van der Waals surface area contributed by atoms with Crippen molar-refractivity contribution in [1.29, 1.82) is 0 Å². The fourth-order valence-corrected chi connectivity index (χ4v) is 1.90. The molecule has 0 heterocycles. The van der Waals surface area contributed by atoms with Crippen LogP contribution in [-0.4, -0.2) is 17.9 Å². The topological polar surface area (TPSA) is 72.2 Å². The molecule has 4 nitrogen and oxygen atoms in total. The summed E-state index contributed by atoms with van der Waals surface area (Å²) in [5.41, 5.74) is 6.43. The van der Waals surface area contributed by atoms with Crippen LogP contribution < -0.4 is 11.1 Å². The first-order valence-electron chi connectivity index (χ1n) is 4.78. The minimum Gasteiger partial charge on any atom is -0.368 e. The zero-order valence-electron chi connectivity index (χ0n) is 9.08. The van der Waals surface area contributed by atoms with Gasteiger partial charge in [0.25, 0.3) is 5.91 Å². The summed E-state index contributed by atoms with van der Waals surface area (Å²) in [5, 5.41) is 2.53. The first-order valence-corrected chi connectivity index (χ1v) is 5.58. The van der Waals surface area contributed by atoms with E-state index in [1.54, 1.807) is 13.0 Å². The maximum Gasteiger partial charge on any atom is 0.253 e. The molecular weight excluding hydrogens is 272 g/mol. The van der Waals surface area contributed by atoms with E-state index >= 15 is 0 Å². The van der Waals surface area contributed by atoms with E-state index in [0.29, 0.717) is 10.0 Å². The number of nitrogens with one attached hydrogen (secondary N) is 1. The summed E-state index contributed by atoms with van der Waals surface area (Å²) in [5.74, 6) is -0.866. The molecule has 0 radical (unpaired) electrons. The molecule has 86 valence electrons. The monoisotopic (exact) mass is 284 g/mol. The standard InChI is InChI=1S/C11H13BrN2O2/c1-6-4-3-5-8(12)9(6)11(16)14-7(2)10(13)15/h3-5,7H,1-2H3,(H2,13,15)(H,14,16). The second-order valence-electron chi connectivity index (χ2n) is 3.53. The highest BCUT2D eigenvalue weighted by molar-refractivity contribution is 9.10. The fourth-order valence-electron chi connectivity index (χ4n) is 1.26. The van der Waals surface area contributed by atoms with Gasteiger partial charge in [0.05, 0.1) is 5.56 Å². The first-order chi connectivity index (χ1) is 7.43. The van der Waals surface area contributed by atoms with E-state index in [-0.39, 0.29) is 5.91 Å². The third-order valence-corrected chi connectivity index (χ3v) is 2.88. The van der Waals surface area contributed by atoms with E-state index in [2.05, 4.69) is 21.2 Å². The van der Waals surface area contributed by atoms with Crippen molar-refractivity contribution in [3.8, 4) is 0 Å². The lowest BCUT2D eigenvalue weighted by Crippen LogP contribution is -2.42. The van der Waals surface area contributed by atoms with Gasteiger partial charge < -0.3 is 11.1 Å². The number of carbonyl (C=O) groups excluding carboxylic acids is 2. The lowest BCUT2D eigenvalue weighted by Gasteiger charge is -2.12. The van der Waals surface area contributed by atoms with Gasteiger partial charge in [-0.05, 0) is 41.4 Å². The van der Waals surface area contributed by atoms with Gasteiger partial charge in [0.15, 0.2) is 0 Å². The third-order valence-electron chi connectivity index (χ3n) is 2.22. The van der Waals surface area contributed by atoms with Crippen LogP contribution in [0.3, 0.4) is 0 Å². The Hall–Kier alpha value is -1.36. The Labute approximate surface area is 102 Å². The van der Waals surface area contributed by atoms with Crippen molar-refractivity contribution >= 4 is 27.7 Å². The van der Waals surface area contributed by atoms with E-state index in [1.165, 1.54) is 0 Å². The number of primary amides is 1. The summed E-state index contributed by atoms with van der Waals surface area (Å²) >= 11 is 3.30. The van der Waals surface area contributed by atoms with E-state index in [1.807, 2.05) is 19.1 Å². The number of amides is 2. The van der Waals surface area contributed by atoms with Crippen LogP contribution in [0.5, 0.6) is 0 Å². The van der Waals surface area contributed by atoms with E-state index < -0.39 is 11.9 Å². The molecule has 1 aromatic carbocycles. The predicted molar refractivity (Wildman–Crippen MR) is 65.0 cm³/mol. The largest absolute Gasteiger partial charge is 0.368 e. The summed E-state index contributed by atoms with van der Waals surface area (Å²) < 4.78 is 0.696. The molecule has 0 aliphatic rings. The van der Waals surface area contributed by atoms with Gasteiger partial charge in [0, 0.05) is 4.47 Å². The lowest BCUT2D eigenvalue weighted by molar-refractivity contribution is -0.119. The molecule has 1 unspecified atom stereocenters. The maximum absolute atomic E-state index is 11.9.